The number of fused-ring (bicyclic) bond motifs is 1. The first-order valence-electron chi connectivity index (χ1n) is 6.49. The summed E-state index contributed by atoms with van der Waals surface area (Å²) in [5.41, 5.74) is 1.91. The third kappa shape index (κ3) is 2.65. The van der Waals surface area contributed by atoms with Crippen LogP contribution in [-0.4, -0.2) is 11.2 Å². The molecule has 0 saturated carbocycles. The average molecular weight is 280 g/mol. The standard InChI is InChI=1S/C16H12N2O3/c17-11-12-5-7-13(8-6-12)20-10-9-18-14-3-1-2-4-15(14)21-16(18)19/h1-8H,9-10H2. The molecule has 0 bridgehead atoms. The van der Waals surface area contributed by atoms with E-state index in [9.17, 15) is 4.79 Å². The lowest BCUT2D eigenvalue weighted by Gasteiger charge is -2.06. The molecule has 5 heteroatoms. The first-order valence-corrected chi connectivity index (χ1v) is 6.49. The van der Waals surface area contributed by atoms with Crippen LogP contribution in [0.5, 0.6) is 5.75 Å². The van der Waals surface area contributed by atoms with E-state index >= 15 is 0 Å². The predicted molar refractivity (Wildman–Crippen MR) is 77.1 cm³/mol. The van der Waals surface area contributed by atoms with Crippen LogP contribution in [0.2, 0.25) is 0 Å². The van der Waals surface area contributed by atoms with Gasteiger partial charge in [-0.05, 0) is 36.4 Å². The number of nitriles is 1. The minimum atomic E-state index is -0.389. The van der Waals surface area contributed by atoms with Gasteiger partial charge in [-0.2, -0.15) is 5.26 Å². The first-order chi connectivity index (χ1) is 10.3. The Hall–Kier alpha value is -3.00. The lowest BCUT2D eigenvalue weighted by Crippen LogP contribution is -2.18. The third-order valence-electron chi connectivity index (χ3n) is 3.14. The van der Waals surface area contributed by atoms with Crippen molar-refractivity contribution >= 4 is 11.1 Å². The number of hydrogen-bond donors (Lipinski definition) is 0. The van der Waals surface area contributed by atoms with Gasteiger partial charge in [0.05, 0.1) is 23.7 Å². The first kappa shape index (κ1) is 13.0. The van der Waals surface area contributed by atoms with E-state index in [4.69, 9.17) is 14.4 Å². The van der Waals surface area contributed by atoms with Crippen LogP contribution in [0.15, 0.2) is 57.7 Å². The van der Waals surface area contributed by atoms with Gasteiger partial charge in [-0.25, -0.2) is 4.79 Å². The normalized spacial score (nSPS) is 10.4. The largest absolute Gasteiger partial charge is 0.492 e. The highest BCUT2D eigenvalue weighted by Crippen LogP contribution is 2.13. The molecule has 0 aliphatic heterocycles. The maximum absolute atomic E-state index is 11.8. The Morgan fingerprint density at radius 1 is 1.14 bits per heavy atom. The van der Waals surface area contributed by atoms with E-state index < -0.39 is 0 Å². The smallest absolute Gasteiger partial charge is 0.420 e. The molecule has 5 nitrogen and oxygen atoms in total. The molecule has 0 radical (unpaired) electrons. The zero-order chi connectivity index (χ0) is 14.7. The molecule has 0 unspecified atom stereocenters. The van der Waals surface area contributed by atoms with Crippen molar-refractivity contribution in [2.75, 3.05) is 6.61 Å². The van der Waals surface area contributed by atoms with Gasteiger partial charge in [0.1, 0.15) is 12.4 Å². The molecule has 2 aromatic carbocycles. The maximum atomic E-state index is 11.8. The van der Waals surface area contributed by atoms with E-state index in [0.717, 1.165) is 5.52 Å². The molecular formula is C16H12N2O3. The number of rotatable bonds is 4. The molecule has 21 heavy (non-hydrogen) atoms. The fraction of sp³-hybridized carbons (Fsp3) is 0.125. The highest BCUT2D eigenvalue weighted by atomic mass is 16.5. The Morgan fingerprint density at radius 3 is 2.67 bits per heavy atom. The molecule has 1 aromatic heterocycles. The molecule has 0 saturated heterocycles. The second kappa shape index (κ2) is 5.55. The topological polar surface area (TPSA) is 68.2 Å². The molecule has 3 aromatic rings. The number of para-hydroxylation sites is 2. The summed E-state index contributed by atoms with van der Waals surface area (Å²) >= 11 is 0. The van der Waals surface area contributed by atoms with Crippen LogP contribution in [0.3, 0.4) is 0 Å². The molecule has 0 spiro atoms. The third-order valence-corrected chi connectivity index (χ3v) is 3.14. The Labute approximate surface area is 120 Å². The van der Waals surface area contributed by atoms with Crippen LogP contribution in [0.4, 0.5) is 0 Å². The molecule has 0 fully saturated rings. The number of benzene rings is 2. The van der Waals surface area contributed by atoms with Crippen molar-refractivity contribution in [1.29, 1.82) is 5.26 Å². The van der Waals surface area contributed by atoms with Gasteiger partial charge in [0, 0.05) is 0 Å². The summed E-state index contributed by atoms with van der Waals surface area (Å²) in [6.07, 6.45) is 0. The van der Waals surface area contributed by atoms with Crippen LogP contribution >= 0.6 is 0 Å². The van der Waals surface area contributed by atoms with Crippen molar-refractivity contribution in [3.63, 3.8) is 0 Å². The van der Waals surface area contributed by atoms with Gasteiger partial charge in [0.25, 0.3) is 0 Å². The molecule has 0 aliphatic rings. The monoisotopic (exact) mass is 280 g/mol. The van der Waals surface area contributed by atoms with Crippen LogP contribution in [0.25, 0.3) is 11.1 Å². The summed E-state index contributed by atoms with van der Waals surface area (Å²) in [5, 5.41) is 8.72. The van der Waals surface area contributed by atoms with Crippen molar-refractivity contribution in [2.45, 2.75) is 6.54 Å². The van der Waals surface area contributed by atoms with Gasteiger partial charge in [0.2, 0.25) is 0 Å². The van der Waals surface area contributed by atoms with Crippen molar-refractivity contribution in [3.8, 4) is 11.8 Å². The number of nitrogens with zero attached hydrogens (tertiary/aromatic N) is 2. The molecule has 104 valence electrons. The van der Waals surface area contributed by atoms with Crippen molar-refractivity contribution < 1.29 is 9.15 Å². The van der Waals surface area contributed by atoms with Crippen LogP contribution < -0.4 is 10.5 Å². The fourth-order valence-electron chi connectivity index (χ4n) is 2.11. The lowest BCUT2D eigenvalue weighted by molar-refractivity contribution is 0.294. The minimum absolute atomic E-state index is 0.343. The Kier molecular flexibility index (Phi) is 3.44. The molecule has 0 atom stereocenters. The van der Waals surface area contributed by atoms with Crippen LogP contribution in [-0.2, 0) is 6.54 Å². The highest BCUT2D eigenvalue weighted by Gasteiger charge is 2.07. The number of hydrogen-bond acceptors (Lipinski definition) is 4. The zero-order valence-electron chi connectivity index (χ0n) is 11.2. The molecular weight excluding hydrogens is 268 g/mol. The van der Waals surface area contributed by atoms with Gasteiger partial charge in [0.15, 0.2) is 5.58 Å². The summed E-state index contributed by atoms with van der Waals surface area (Å²) < 4.78 is 12.3. The molecule has 0 N–H and O–H groups in total. The SMILES string of the molecule is N#Cc1ccc(OCCn2c(=O)oc3ccccc32)cc1. The summed E-state index contributed by atoms with van der Waals surface area (Å²) in [6, 6.07) is 16.2. The predicted octanol–water partition coefficient (Wildman–Crippen LogP) is 2.55. The Morgan fingerprint density at radius 2 is 1.90 bits per heavy atom. The number of oxazole rings is 1. The number of aromatic nitrogens is 1. The summed E-state index contributed by atoms with van der Waals surface area (Å²) in [4.78, 5) is 11.8. The summed E-state index contributed by atoms with van der Waals surface area (Å²) in [6.45, 7) is 0.741. The van der Waals surface area contributed by atoms with Gasteiger partial charge in [-0.3, -0.25) is 4.57 Å². The van der Waals surface area contributed by atoms with E-state index in [1.54, 1.807) is 34.9 Å². The van der Waals surface area contributed by atoms with E-state index in [2.05, 4.69) is 0 Å². The molecule has 0 amide bonds. The Bertz CT molecular complexity index is 854. The van der Waals surface area contributed by atoms with Gasteiger partial charge < -0.3 is 9.15 Å². The quantitative estimate of drug-likeness (QED) is 0.736. The van der Waals surface area contributed by atoms with Gasteiger partial charge in [-0.15, -0.1) is 0 Å². The maximum Gasteiger partial charge on any atom is 0.420 e. The van der Waals surface area contributed by atoms with Crippen LogP contribution in [0, 0.1) is 11.3 Å². The second-order valence-corrected chi connectivity index (χ2v) is 4.47. The van der Waals surface area contributed by atoms with Crippen LogP contribution in [0.1, 0.15) is 5.56 Å². The van der Waals surface area contributed by atoms with E-state index in [0.29, 0.717) is 30.0 Å². The van der Waals surface area contributed by atoms with Gasteiger partial charge in [-0.1, -0.05) is 12.1 Å². The van der Waals surface area contributed by atoms with E-state index in [-0.39, 0.29) is 5.76 Å². The highest BCUT2D eigenvalue weighted by molar-refractivity contribution is 5.72. The van der Waals surface area contributed by atoms with E-state index in [1.807, 2.05) is 24.3 Å². The molecule has 0 aliphatic carbocycles. The van der Waals surface area contributed by atoms with Crippen molar-refractivity contribution in [2.24, 2.45) is 0 Å². The zero-order valence-corrected chi connectivity index (χ0v) is 11.2. The van der Waals surface area contributed by atoms with Crippen molar-refractivity contribution in [1.82, 2.24) is 4.57 Å². The van der Waals surface area contributed by atoms with Gasteiger partial charge >= 0.3 is 5.76 Å². The average Bonchev–Trinajstić information content (AvgIpc) is 2.84. The molecule has 1 heterocycles. The minimum Gasteiger partial charge on any atom is -0.492 e. The Balaban J connectivity index is 1.70. The second-order valence-electron chi connectivity index (χ2n) is 4.47. The summed E-state index contributed by atoms with van der Waals surface area (Å²) in [7, 11) is 0. The number of ether oxygens (including phenoxy) is 1. The fourth-order valence-corrected chi connectivity index (χ4v) is 2.11. The molecule has 3 rings (SSSR count). The summed E-state index contributed by atoms with van der Waals surface area (Å²) in [5.74, 6) is 0.273. The van der Waals surface area contributed by atoms with Crippen molar-refractivity contribution in [3.05, 3.63) is 64.6 Å². The van der Waals surface area contributed by atoms with E-state index in [1.165, 1.54) is 0 Å². The lowest BCUT2D eigenvalue weighted by atomic mass is 10.2.